The maximum atomic E-state index is 11.8. The third-order valence-corrected chi connectivity index (χ3v) is 4.29. The van der Waals surface area contributed by atoms with E-state index in [0.717, 1.165) is 38.6 Å². The zero-order valence-electron chi connectivity index (χ0n) is 11.3. The fourth-order valence-corrected chi connectivity index (χ4v) is 2.88. The summed E-state index contributed by atoms with van der Waals surface area (Å²) in [4.78, 5) is 18.1. The molecule has 1 aliphatic heterocycles. The molecule has 0 spiro atoms. The van der Waals surface area contributed by atoms with Gasteiger partial charge in [-0.25, -0.2) is 0 Å². The van der Waals surface area contributed by atoms with Crippen LogP contribution in [0.4, 0.5) is 0 Å². The minimum absolute atomic E-state index is 0.0973. The van der Waals surface area contributed by atoms with Crippen LogP contribution >= 0.6 is 0 Å². The van der Waals surface area contributed by atoms with E-state index in [0.29, 0.717) is 18.1 Å². The van der Waals surface area contributed by atoms with Crippen LogP contribution in [0, 0.1) is 0 Å². The Morgan fingerprint density at radius 1 is 1.47 bits per heavy atom. The molecule has 1 aromatic heterocycles. The SMILES string of the molecule is CCC(c1nc(C2(N)CCC2)no1)N1CCCC1=O. The van der Waals surface area contributed by atoms with Crippen LogP contribution in [-0.2, 0) is 10.3 Å². The van der Waals surface area contributed by atoms with Gasteiger partial charge in [-0.1, -0.05) is 12.1 Å². The average Bonchev–Trinajstić information content (AvgIpc) is 2.98. The summed E-state index contributed by atoms with van der Waals surface area (Å²) < 4.78 is 5.37. The van der Waals surface area contributed by atoms with E-state index in [9.17, 15) is 4.79 Å². The van der Waals surface area contributed by atoms with Gasteiger partial charge in [0, 0.05) is 13.0 Å². The second kappa shape index (κ2) is 4.59. The lowest BCUT2D eigenvalue weighted by atomic mass is 9.77. The number of likely N-dealkylation sites (tertiary alicyclic amines) is 1. The number of nitrogens with zero attached hydrogens (tertiary/aromatic N) is 3. The average molecular weight is 264 g/mol. The van der Waals surface area contributed by atoms with Crippen LogP contribution in [0.3, 0.4) is 0 Å². The zero-order valence-corrected chi connectivity index (χ0v) is 11.3. The van der Waals surface area contributed by atoms with Crippen molar-refractivity contribution in [1.29, 1.82) is 0 Å². The first-order valence-corrected chi connectivity index (χ1v) is 7.06. The molecule has 1 amide bonds. The van der Waals surface area contributed by atoms with Crippen molar-refractivity contribution in [2.45, 2.75) is 57.0 Å². The molecule has 2 fully saturated rings. The molecule has 0 aromatic carbocycles. The van der Waals surface area contributed by atoms with E-state index in [1.807, 2.05) is 11.8 Å². The first-order chi connectivity index (χ1) is 9.14. The number of rotatable bonds is 4. The third-order valence-electron chi connectivity index (χ3n) is 4.29. The Bertz CT molecular complexity index is 481. The van der Waals surface area contributed by atoms with Crippen LogP contribution in [0.25, 0.3) is 0 Å². The molecule has 1 aliphatic carbocycles. The predicted molar refractivity (Wildman–Crippen MR) is 68.0 cm³/mol. The van der Waals surface area contributed by atoms with Gasteiger partial charge < -0.3 is 15.2 Å². The summed E-state index contributed by atoms with van der Waals surface area (Å²) in [6.07, 6.45) is 5.25. The molecule has 104 valence electrons. The number of carbonyl (C=O) groups is 1. The van der Waals surface area contributed by atoms with E-state index < -0.39 is 5.54 Å². The van der Waals surface area contributed by atoms with Gasteiger partial charge in [-0.15, -0.1) is 0 Å². The van der Waals surface area contributed by atoms with Gasteiger partial charge >= 0.3 is 0 Å². The van der Waals surface area contributed by atoms with E-state index in [1.165, 1.54) is 0 Å². The van der Waals surface area contributed by atoms with Gasteiger partial charge in [0.2, 0.25) is 11.8 Å². The molecule has 2 N–H and O–H groups in total. The number of hydrogen-bond acceptors (Lipinski definition) is 5. The Morgan fingerprint density at radius 2 is 2.26 bits per heavy atom. The van der Waals surface area contributed by atoms with Crippen molar-refractivity contribution in [2.24, 2.45) is 5.73 Å². The van der Waals surface area contributed by atoms with Crippen LogP contribution in [-0.4, -0.2) is 27.5 Å². The number of carbonyl (C=O) groups excluding carboxylic acids is 1. The van der Waals surface area contributed by atoms with E-state index in [4.69, 9.17) is 10.3 Å². The van der Waals surface area contributed by atoms with E-state index in [-0.39, 0.29) is 11.9 Å². The lowest BCUT2D eigenvalue weighted by Gasteiger charge is -2.34. The van der Waals surface area contributed by atoms with Crippen LogP contribution in [0.2, 0.25) is 0 Å². The quantitative estimate of drug-likeness (QED) is 0.890. The molecule has 1 atom stereocenters. The fraction of sp³-hybridized carbons (Fsp3) is 0.769. The van der Waals surface area contributed by atoms with Crippen molar-refractivity contribution in [2.75, 3.05) is 6.54 Å². The minimum atomic E-state index is -0.408. The molecule has 0 bridgehead atoms. The highest BCUT2D eigenvalue weighted by Gasteiger charge is 2.40. The molecule has 1 unspecified atom stereocenters. The van der Waals surface area contributed by atoms with E-state index >= 15 is 0 Å². The highest BCUT2D eigenvalue weighted by molar-refractivity contribution is 5.78. The third kappa shape index (κ3) is 2.04. The second-order valence-electron chi connectivity index (χ2n) is 5.58. The standard InChI is InChI=1S/C13H20N4O2/c1-2-9(17-8-3-5-10(17)18)11-15-12(16-19-11)13(14)6-4-7-13/h9H,2-8,14H2,1H3. The molecule has 1 saturated heterocycles. The van der Waals surface area contributed by atoms with Gasteiger partial charge in [0.05, 0.1) is 5.54 Å². The number of amides is 1. The van der Waals surface area contributed by atoms with Crippen molar-refractivity contribution >= 4 is 5.91 Å². The molecule has 6 nitrogen and oxygen atoms in total. The summed E-state index contributed by atoms with van der Waals surface area (Å²) in [5.41, 5.74) is 5.79. The van der Waals surface area contributed by atoms with E-state index in [1.54, 1.807) is 0 Å². The smallest absolute Gasteiger partial charge is 0.249 e. The highest BCUT2D eigenvalue weighted by Crippen LogP contribution is 2.38. The van der Waals surface area contributed by atoms with Crippen LogP contribution in [0.1, 0.15) is 63.2 Å². The number of hydrogen-bond donors (Lipinski definition) is 1. The van der Waals surface area contributed by atoms with Crippen molar-refractivity contribution in [3.8, 4) is 0 Å². The minimum Gasteiger partial charge on any atom is -0.337 e. The molecule has 2 heterocycles. The second-order valence-corrected chi connectivity index (χ2v) is 5.58. The van der Waals surface area contributed by atoms with E-state index in [2.05, 4.69) is 10.1 Å². The highest BCUT2D eigenvalue weighted by atomic mass is 16.5. The van der Waals surface area contributed by atoms with Crippen LogP contribution in [0.15, 0.2) is 4.52 Å². The summed E-state index contributed by atoms with van der Waals surface area (Å²) in [5.74, 6) is 1.31. The molecular formula is C13H20N4O2. The van der Waals surface area contributed by atoms with Crippen molar-refractivity contribution in [3.05, 3.63) is 11.7 Å². The predicted octanol–water partition coefficient (Wildman–Crippen LogP) is 1.48. The Kier molecular flexibility index (Phi) is 3.05. The molecule has 19 heavy (non-hydrogen) atoms. The first-order valence-electron chi connectivity index (χ1n) is 7.06. The Morgan fingerprint density at radius 3 is 2.79 bits per heavy atom. The summed E-state index contributed by atoms with van der Waals surface area (Å²) in [7, 11) is 0. The molecule has 3 rings (SSSR count). The van der Waals surface area contributed by atoms with Gasteiger partial charge in [0.1, 0.15) is 6.04 Å². The van der Waals surface area contributed by atoms with Gasteiger partial charge in [-0.05, 0) is 32.1 Å². The summed E-state index contributed by atoms with van der Waals surface area (Å²) in [5, 5.41) is 4.03. The van der Waals surface area contributed by atoms with Crippen molar-refractivity contribution in [3.63, 3.8) is 0 Å². The molecule has 1 aromatic rings. The van der Waals surface area contributed by atoms with Gasteiger partial charge in [-0.2, -0.15) is 4.98 Å². The molecule has 0 radical (unpaired) electrons. The van der Waals surface area contributed by atoms with Crippen molar-refractivity contribution < 1.29 is 9.32 Å². The maximum Gasteiger partial charge on any atom is 0.249 e. The fourth-order valence-electron chi connectivity index (χ4n) is 2.88. The zero-order chi connectivity index (χ0) is 13.5. The Hall–Kier alpha value is -1.43. The normalized spacial score (nSPS) is 23.5. The lowest BCUT2D eigenvalue weighted by molar-refractivity contribution is -0.130. The first kappa shape index (κ1) is 12.6. The molecule has 6 heteroatoms. The van der Waals surface area contributed by atoms with Crippen LogP contribution in [0.5, 0.6) is 0 Å². The molecular weight excluding hydrogens is 244 g/mol. The monoisotopic (exact) mass is 264 g/mol. The number of nitrogens with two attached hydrogens (primary N) is 1. The topological polar surface area (TPSA) is 85.2 Å². The number of aromatic nitrogens is 2. The summed E-state index contributed by atoms with van der Waals surface area (Å²) >= 11 is 0. The Balaban J connectivity index is 1.82. The molecule has 2 aliphatic rings. The van der Waals surface area contributed by atoms with Gasteiger partial charge in [0.25, 0.3) is 0 Å². The van der Waals surface area contributed by atoms with Crippen LogP contribution < -0.4 is 5.73 Å². The maximum absolute atomic E-state index is 11.8. The summed E-state index contributed by atoms with van der Waals surface area (Å²) in [6.45, 7) is 2.81. The lowest BCUT2D eigenvalue weighted by Crippen LogP contribution is -2.44. The molecule has 1 saturated carbocycles. The summed E-state index contributed by atoms with van der Waals surface area (Å²) in [6, 6.07) is -0.0973. The van der Waals surface area contributed by atoms with Crippen molar-refractivity contribution in [1.82, 2.24) is 15.0 Å². The van der Waals surface area contributed by atoms with Gasteiger partial charge in [0.15, 0.2) is 5.82 Å². The Labute approximate surface area is 112 Å². The van der Waals surface area contributed by atoms with Gasteiger partial charge in [-0.3, -0.25) is 4.79 Å². The largest absolute Gasteiger partial charge is 0.337 e.